The second kappa shape index (κ2) is 4.89. The van der Waals surface area contributed by atoms with Gasteiger partial charge in [0.25, 0.3) is 0 Å². The summed E-state index contributed by atoms with van der Waals surface area (Å²) >= 11 is 0. The Labute approximate surface area is 117 Å². The maximum Gasteiger partial charge on any atom is 0.240 e. The third kappa shape index (κ3) is 2.28. The van der Waals surface area contributed by atoms with Gasteiger partial charge in [0.05, 0.1) is 0 Å². The quantitative estimate of drug-likeness (QED) is 0.860. The van der Waals surface area contributed by atoms with Crippen molar-refractivity contribution in [1.82, 2.24) is 4.90 Å². The molecule has 0 radical (unpaired) electrons. The zero-order chi connectivity index (χ0) is 14.2. The van der Waals surface area contributed by atoms with Gasteiger partial charge in [-0.15, -0.1) is 0 Å². The van der Waals surface area contributed by atoms with E-state index in [9.17, 15) is 14.0 Å². The number of anilines is 1. The lowest BCUT2D eigenvalue weighted by Gasteiger charge is -2.22. The molecule has 1 aliphatic heterocycles. The van der Waals surface area contributed by atoms with Crippen LogP contribution in [-0.4, -0.2) is 29.8 Å². The van der Waals surface area contributed by atoms with E-state index in [1.807, 2.05) is 0 Å². The molecule has 1 saturated carbocycles. The Morgan fingerprint density at radius 1 is 1.10 bits per heavy atom. The van der Waals surface area contributed by atoms with Crippen molar-refractivity contribution in [2.45, 2.75) is 25.7 Å². The van der Waals surface area contributed by atoms with Crippen molar-refractivity contribution in [3.05, 3.63) is 30.1 Å². The minimum absolute atomic E-state index is 0.0467. The molecule has 1 aromatic rings. The molecular weight excluding hydrogens is 259 g/mol. The number of halogens is 1. The molecule has 20 heavy (non-hydrogen) atoms. The predicted octanol–water partition coefficient (Wildman–Crippen LogP) is 2.17. The maximum absolute atomic E-state index is 12.8. The molecule has 0 unspecified atom stereocenters. The zero-order valence-corrected chi connectivity index (χ0v) is 11.2. The van der Waals surface area contributed by atoms with Crippen LogP contribution in [0.4, 0.5) is 10.1 Å². The van der Waals surface area contributed by atoms with Gasteiger partial charge in [0.15, 0.2) is 0 Å². The third-order valence-corrected chi connectivity index (χ3v) is 4.09. The van der Waals surface area contributed by atoms with Gasteiger partial charge in [-0.2, -0.15) is 0 Å². The predicted molar refractivity (Wildman–Crippen MR) is 72.5 cm³/mol. The van der Waals surface area contributed by atoms with E-state index in [4.69, 9.17) is 0 Å². The van der Waals surface area contributed by atoms with Crippen LogP contribution in [0, 0.1) is 11.2 Å². The Kier molecular flexibility index (Phi) is 3.20. The number of carbonyl (C=O) groups excluding carboxylic acids is 2. The van der Waals surface area contributed by atoms with Gasteiger partial charge in [0.1, 0.15) is 11.2 Å². The van der Waals surface area contributed by atoms with Crippen molar-refractivity contribution in [1.29, 1.82) is 0 Å². The summed E-state index contributed by atoms with van der Waals surface area (Å²) in [7, 11) is 0. The third-order valence-electron chi connectivity index (χ3n) is 4.09. The van der Waals surface area contributed by atoms with Crippen molar-refractivity contribution in [3.63, 3.8) is 0 Å². The fraction of sp³-hybridized carbons (Fsp3) is 0.467. The van der Waals surface area contributed by atoms with Gasteiger partial charge in [0.2, 0.25) is 11.8 Å². The van der Waals surface area contributed by atoms with Gasteiger partial charge >= 0.3 is 0 Å². The van der Waals surface area contributed by atoms with E-state index in [2.05, 4.69) is 5.32 Å². The van der Waals surface area contributed by atoms with Crippen molar-refractivity contribution >= 4 is 17.5 Å². The van der Waals surface area contributed by atoms with Crippen LogP contribution < -0.4 is 5.32 Å². The fourth-order valence-electron chi connectivity index (χ4n) is 2.67. The molecule has 2 aliphatic rings. The summed E-state index contributed by atoms with van der Waals surface area (Å²) < 4.78 is 12.8. The molecule has 1 saturated heterocycles. The zero-order valence-electron chi connectivity index (χ0n) is 11.2. The first kappa shape index (κ1) is 13.1. The summed E-state index contributed by atoms with van der Waals surface area (Å²) in [4.78, 5) is 26.5. The van der Waals surface area contributed by atoms with Crippen LogP contribution in [0.5, 0.6) is 0 Å². The van der Waals surface area contributed by atoms with Gasteiger partial charge in [-0.1, -0.05) is 0 Å². The standard InChI is InChI=1S/C15H17FN2O2/c16-11-3-5-12(6-4-11)17-13(19)15(7-8-15)14(20)18-9-1-2-10-18/h3-6H,1-2,7-10H2,(H,17,19). The molecule has 1 N–H and O–H groups in total. The maximum atomic E-state index is 12.8. The minimum atomic E-state index is -0.876. The molecule has 0 atom stereocenters. The van der Waals surface area contributed by atoms with E-state index in [0.717, 1.165) is 25.9 Å². The average molecular weight is 276 g/mol. The van der Waals surface area contributed by atoms with Gasteiger partial charge in [-0.25, -0.2) is 4.39 Å². The number of rotatable bonds is 3. The topological polar surface area (TPSA) is 49.4 Å². The number of nitrogens with one attached hydrogen (secondary N) is 1. The number of nitrogens with zero attached hydrogens (tertiary/aromatic N) is 1. The summed E-state index contributed by atoms with van der Waals surface area (Å²) in [6, 6.07) is 5.59. The van der Waals surface area contributed by atoms with Crippen LogP contribution >= 0.6 is 0 Å². The van der Waals surface area contributed by atoms with Crippen LogP contribution in [0.15, 0.2) is 24.3 Å². The molecule has 5 heteroatoms. The number of hydrogen-bond acceptors (Lipinski definition) is 2. The Bertz CT molecular complexity index is 531. The summed E-state index contributed by atoms with van der Waals surface area (Å²) in [5.74, 6) is -0.659. The first-order valence-corrected chi connectivity index (χ1v) is 6.98. The first-order chi connectivity index (χ1) is 9.62. The van der Waals surface area contributed by atoms with E-state index < -0.39 is 5.41 Å². The van der Waals surface area contributed by atoms with E-state index in [1.54, 1.807) is 4.90 Å². The van der Waals surface area contributed by atoms with Gasteiger partial charge < -0.3 is 10.2 Å². The molecule has 106 valence electrons. The smallest absolute Gasteiger partial charge is 0.240 e. The van der Waals surface area contributed by atoms with E-state index in [-0.39, 0.29) is 17.6 Å². The van der Waals surface area contributed by atoms with E-state index in [1.165, 1.54) is 24.3 Å². The Balaban J connectivity index is 1.69. The normalized spacial score (nSPS) is 19.8. The number of benzene rings is 1. The molecule has 4 nitrogen and oxygen atoms in total. The van der Waals surface area contributed by atoms with Gasteiger partial charge in [0, 0.05) is 18.8 Å². The van der Waals surface area contributed by atoms with Crippen LogP contribution in [0.1, 0.15) is 25.7 Å². The SMILES string of the molecule is O=C(Nc1ccc(F)cc1)C1(C(=O)N2CCCC2)CC1. The largest absolute Gasteiger partial charge is 0.342 e. The second-order valence-electron chi connectivity index (χ2n) is 5.54. The Hall–Kier alpha value is -1.91. The van der Waals surface area contributed by atoms with Crippen molar-refractivity contribution in [3.8, 4) is 0 Å². The highest BCUT2D eigenvalue weighted by molar-refractivity contribution is 6.13. The molecule has 3 rings (SSSR count). The number of carbonyl (C=O) groups is 2. The second-order valence-corrected chi connectivity index (χ2v) is 5.54. The number of likely N-dealkylation sites (tertiary alicyclic amines) is 1. The van der Waals surface area contributed by atoms with Crippen LogP contribution in [0.2, 0.25) is 0 Å². The summed E-state index contributed by atoms with van der Waals surface area (Å²) in [6.45, 7) is 1.51. The lowest BCUT2D eigenvalue weighted by atomic mass is 10.0. The summed E-state index contributed by atoms with van der Waals surface area (Å²) in [5, 5.41) is 2.72. The van der Waals surface area contributed by atoms with Crippen molar-refractivity contribution in [2.24, 2.45) is 5.41 Å². The summed E-state index contributed by atoms with van der Waals surface area (Å²) in [5.41, 5.74) is -0.351. The Morgan fingerprint density at radius 3 is 2.25 bits per heavy atom. The molecular formula is C15H17FN2O2. The van der Waals surface area contributed by atoms with Crippen molar-refractivity contribution in [2.75, 3.05) is 18.4 Å². The number of amides is 2. The first-order valence-electron chi connectivity index (χ1n) is 6.98. The molecule has 2 amide bonds. The van der Waals surface area contributed by atoms with Crippen LogP contribution in [0.3, 0.4) is 0 Å². The molecule has 2 fully saturated rings. The molecule has 0 spiro atoms. The molecule has 1 heterocycles. The molecule has 0 aromatic heterocycles. The van der Waals surface area contributed by atoms with Gasteiger partial charge in [-0.05, 0) is 49.9 Å². The highest BCUT2D eigenvalue weighted by Gasteiger charge is 2.58. The van der Waals surface area contributed by atoms with Crippen LogP contribution in [0.25, 0.3) is 0 Å². The minimum Gasteiger partial charge on any atom is -0.342 e. The lowest BCUT2D eigenvalue weighted by molar-refractivity contribution is -0.141. The fourth-order valence-corrected chi connectivity index (χ4v) is 2.67. The van der Waals surface area contributed by atoms with Crippen molar-refractivity contribution < 1.29 is 14.0 Å². The molecule has 1 aromatic carbocycles. The van der Waals surface area contributed by atoms with Crippen LogP contribution in [-0.2, 0) is 9.59 Å². The number of hydrogen-bond donors (Lipinski definition) is 1. The average Bonchev–Trinajstić information content (AvgIpc) is 3.08. The molecule has 0 bridgehead atoms. The van der Waals surface area contributed by atoms with Gasteiger partial charge in [-0.3, -0.25) is 9.59 Å². The highest BCUT2D eigenvalue weighted by Crippen LogP contribution is 2.48. The molecule has 1 aliphatic carbocycles. The summed E-state index contributed by atoms with van der Waals surface area (Å²) in [6.07, 6.45) is 3.24. The highest BCUT2D eigenvalue weighted by atomic mass is 19.1. The monoisotopic (exact) mass is 276 g/mol. The Morgan fingerprint density at radius 2 is 1.70 bits per heavy atom. The van der Waals surface area contributed by atoms with E-state index >= 15 is 0 Å². The lowest BCUT2D eigenvalue weighted by Crippen LogP contribution is -2.41. The van der Waals surface area contributed by atoms with E-state index in [0.29, 0.717) is 18.5 Å².